The van der Waals surface area contributed by atoms with Gasteiger partial charge in [-0.15, -0.1) is 0 Å². The predicted molar refractivity (Wildman–Crippen MR) is 181 cm³/mol. The Hall–Kier alpha value is -4.62. The average Bonchev–Trinajstić information content (AvgIpc) is 3.71. The summed E-state index contributed by atoms with van der Waals surface area (Å²) in [4.78, 5) is 31.5. The zero-order valence-electron chi connectivity index (χ0n) is 28.3. The second-order valence-corrected chi connectivity index (χ2v) is 13.5. The van der Waals surface area contributed by atoms with Crippen molar-refractivity contribution in [3.8, 4) is 17.7 Å². The molecule has 4 aliphatic rings. The molecule has 268 valence electrons. The van der Waals surface area contributed by atoms with Crippen LogP contribution in [0, 0.1) is 11.8 Å². The maximum atomic E-state index is 14.1. The Kier molecular flexibility index (Phi) is 8.87. The molecule has 3 aromatic heterocycles. The highest BCUT2D eigenvalue weighted by molar-refractivity contribution is 6.06. The number of hydrogen-bond acceptors (Lipinski definition) is 12. The summed E-state index contributed by atoms with van der Waals surface area (Å²) in [5, 5.41) is 10.9. The molecule has 13 nitrogen and oxygen atoms in total. The highest BCUT2D eigenvalue weighted by atomic mass is 19.3. The highest BCUT2D eigenvalue weighted by Gasteiger charge is 2.50. The fourth-order valence-electron chi connectivity index (χ4n) is 7.34. The van der Waals surface area contributed by atoms with Gasteiger partial charge >= 0.3 is 5.97 Å². The number of rotatable bonds is 7. The van der Waals surface area contributed by atoms with Crippen LogP contribution < -0.4 is 14.5 Å². The Balaban J connectivity index is 1.12. The van der Waals surface area contributed by atoms with Crippen molar-refractivity contribution in [2.75, 3.05) is 69.0 Å². The summed E-state index contributed by atoms with van der Waals surface area (Å²) >= 11 is 0. The lowest BCUT2D eigenvalue weighted by atomic mass is 9.90. The topological polar surface area (TPSA) is 136 Å². The van der Waals surface area contributed by atoms with Crippen molar-refractivity contribution in [2.45, 2.75) is 56.5 Å². The first-order valence-electron chi connectivity index (χ1n) is 17.1. The van der Waals surface area contributed by atoms with Crippen LogP contribution in [0.1, 0.15) is 38.1 Å². The monoisotopic (exact) mass is 704 g/mol. The molecular formula is C36H38F2N6O7. The molecule has 4 aliphatic heterocycles. The molecule has 0 radical (unpaired) electrons. The second kappa shape index (κ2) is 13.5. The number of aliphatic carboxylic acids is 1. The molecule has 0 amide bonds. The SMILES string of the molecule is CC1COCCN1CC#Cc1cnc(O[C@H]2C[C@@H](C(=O)O)N(c3nc(C(F)F)nc4c3oc3ccccc34)C2)c(N2CCOC3(COC3)[C@@H]2C)c1. The minimum atomic E-state index is -2.98. The maximum Gasteiger partial charge on any atom is 0.326 e. The van der Waals surface area contributed by atoms with Gasteiger partial charge in [-0.3, -0.25) is 4.90 Å². The van der Waals surface area contributed by atoms with Crippen LogP contribution >= 0.6 is 0 Å². The van der Waals surface area contributed by atoms with Crippen LogP contribution in [0.25, 0.3) is 22.1 Å². The van der Waals surface area contributed by atoms with Crippen LogP contribution in [0.2, 0.25) is 0 Å². The Bertz CT molecular complexity index is 2010. The zero-order chi connectivity index (χ0) is 35.3. The number of carbonyl (C=O) groups is 1. The number of halogens is 2. The summed E-state index contributed by atoms with van der Waals surface area (Å²) in [6, 6.07) is 7.93. The van der Waals surface area contributed by atoms with Gasteiger partial charge in [-0.2, -0.15) is 0 Å². The largest absolute Gasteiger partial charge is 0.480 e. The molecule has 4 atom stereocenters. The normalized spacial score (nSPS) is 25.0. The number of alkyl halides is 2. The highest BCUT2D eigenvalue weighted by Crippen LogP contribution is 2.41. The van der Waals surface area contributed by atoms with Crippen molar-refractivity contribution in [1.29, 1.82) is 0 Å². The van der Waals surface area contributed by atoms with E-state index in [4.69, 9.17) is 28.3 Å². The average molecular weight is 705 g/mol. The molecule has 4 aromatic rings. The quantitative estimate of drug-likeness (QED) is 0.279. The van der Waals surface area contributed by atoms with E-state index in [0.717, 1.165) is 6.54 Å². The number of hydrogen-bond donors (Lipinski definition) is 1. The van der Waals surface area contributed by atoms with Crippen molar-refractivity contribution in [3.05, 3.63) is 47.9 Å². The van der Waals surface area contributed by atoms with Crippen LogP contribution in [0.3, 0.4) is 0 Å². The van der Waals surface area contributed by atoms with E-state index in [1.165, 1.54) is 4.90 Å². The van der Waals surface area contributed by atoms with Crippen molar-refractivity contribution in [3.63, 3.8) is 0 Å². The number of benzene rings is 1. The Labute approximate surface area is 292 Å². The number of ether oxygens (including phenoxy) is 4. The standard InChI is InChI=1S/C36H38F2N6O7/c1-21-18-47-12-10-42(21)9-5-6-23-14-26(43-11-13-49-36(22(43)2)19-48-20-36)34(39-16-23)50-24-15-27(35(45)46)44(17-24)33-30-29(40-32(41-33)31(37)38)25-7-3-4-8-28(25)51-30/h3-4,7-8,14,16,21-22,24,27,31H,9-13,15,17-20H2,1-2H3,(H,45,46)/t21?,22-,24-,27-/m0/s1. The molecule has 4 fully saturated rings. The van der Waals surface area contributed by atoms with Gasteiger partial charge in [0.1, 0.15) is 34.5 Å². The fraction of sp³-hybridized carbons (Fsp3) is 0.500. The predicted octanol–water partition coefficient (Wildman–Crippen LogP) is 3.89. The number of pyridine rings is 1. The number of furan rings is 1. The minimum Gasteiger partial charge on any atom is -0.480 e. The van der Waals surface area contributed by atoms with E-state index in [9.17, 15) is 18.7 Å². The molecule has 7 heterocycles. The number of morpholine rings is 2. The summed E-state index contributed by atoms with van der Waals surface area (Å²) in [7, 11) is 0. The number of fused-ring (bicyclic) bond motifs is 3. The van der Waals surface area contributed by atoms with E-state index in [1.807, 2.05) is 6.07 Å². The number of aromatic nitrogens is 3. The van der Waals surface area contributed by atoms with Crippen molar-refractivity contribution < 1.29 is 42.0 Å². The fourth-order valence-corrected chi connectivity index (χ4v) is 7.34. The van der Waals surface area contributed by atoms with Crippen LogP contribution in [0.4, 0.5) is 20.3 Å². The van der Waals surface area contributed by atoms with Gasteiger partial charge in [0.15, 0.2) is 17.2 Å². The lowest BCUT2D eigenvalue weighted by Crippen LogP contribution is -2.68. The van der Waals surface area contributed by atoms with Crippen molar-refractivity contribution in [1.82, 2.24) is 19.9 Å². The zero-order valence-corrected chi connectivity index (χ0v) is 28.3. The van der Waals surface area contributed by atoms with Gasteiger partial charge in [0.25, 0.3) is 6.43 Å². The summed E-state index contributed by atoms with van der Waals surface area (Å²) in [5.74, 6) is 4.98. The Morgan fingerprint density at radius 2 is 1.98 bits per heavy atom. The van der Waals surface area contributed by atoms with Gasteiger partial charge < -0.3 is 38.3 Å². The van der Waals surface area contributed by atoms with Gasteiger partial charge in [0.05, 0.1) is 52.2 Å². The number of carboxylic acid groups (broad SMARTS) is 1. The molecule has 1 unspecified atom stereocenters. The van der Waals surface area contributed by atoms with E-state index in [0.29, 0.717) is 74.2 Å². The number of carboxylic acids is 1. The summed E-state index contributed by atoms with van der Waals surface area (Å²) < 4.78 is 58.0. The summed E-state index contributed by atoms with van der Waals surface area (Å²) in [5.41, 5.74) is 1.71. The van der Waals surface area contributed by atoms with E-state index in [-0.39, 0.29) is 42.0 Å². The van der Waals surface area contributed by atoms with Gasteiger partial charge in [-0.1, -0.05) is 24.0 Å². The molecule has 8 rings (SSSR count). The first-order valence-corrected chi connectivity index (χ1v) is 17.1. The van der Waals surface area contributed by atoms with Gasteiger partial charge in [0.2, 0.25) is 5.88 Å². The van der Waals surface area contributed by atoms with Gasteiger partial charge in [-0.05, 0) is 32.0 Å². The first-order chi connectivity index (χ1) is 24.7. The molecule has 15 heteroatoms. The third kappa shape index (κ3) is 6.20. The number of nitrogens with zero attached hydrogens (tertiary/aromatic N) is 6. The molecule has 0 bridgehead atoms. The summed E-state index contributed by atoms with van der Waals surface area (Å²) in [6.45, 7) is 8.98. The lowest BCUT2D eigenvalue weighted by Gasteiger charge is -2.53. The maximum absolute atomic E-state index is 14.1. The third-order valence-corrected chi connectivity index (χ3v) is 10.3. The molecule has 51 heavy (non-hydrogen) atoms. The second-order valence-electron chi connectivity index (χ2n) is 13.5. The first kappa shape index (κ1) is 33.5. The smallest absolute Gasteiger partial charge is 0.326 e. The summed E-state index contributed by atoms with van der Waals surface area (Å²) in [6.07, 6.45) is -1.97. The van der Waals surface area contributed by atoms with E-state index >= 15 is 0 Å². The molecule has 0 saturated carbocycles. The van der Waals surface area contributed by atoms with E-state index < -0.39 is 36.0 Å². The van der Waals surface area contributed by atoms with Crippen molar-refractivity contribution in [2.24, 2.45) is 0 Å². The number of para-hydroxylation sites is 1. The lowest BCUT2D eigenvalue weighted by molar-refractivity contribution is -0.228. The van der Waals surface area contributed by atoms with Crippen LogP contribution in [-0.2, 0) is 19.0 Å². The molecule has 0 aliphatic carbocycles. The Morgan fingerprint density at radius 1 is 1.14 bits per heavy atom. The molecular weight excluding hydrogens is 666 g/mol. The molecule has 4 saturated heterocycles. The van der Waals surface area contributed by atoms with Crippen LogP contribution in [0.15, 0.2) is 40.9 Å². The van der Waals surface area contributed by atoms with Gasteiger partial charge in [-0.25, -0.2) is 28.5 Å². The Morgan fingerprint density at radius 3 is 2.75 bits per heavy atom. The van der Waals surface area contributed by atoms with Crippen LogP contribution in [-0.4, -0.2) is 120 Å². The van der Waals surface area contributed by atoms with Crippen LogP contribution in [0.5, 0.6) is 5.88 Å². The van der Waals surface area contributed by atoms with Gasteiger partial charge in [0, 0.05) is 42.7 Å². The molecule has 1 N–H and O–H groups in total. The third-order valence-electron chi connectivity index (χ3n) is 10.3. The minimum absolute atomic E-state index is 0.0212. The molecule has 1 spiro atoms. The molecule has 1 aromatic carbocycles. The van der Waals surface area contributed by atoms with E-state index in [1.54, 1.807) is 30.5 Å². The number of anilines is 2. The van der Waals surface area contributed by atoms with Crippen molar-refractivity contribution >= 4 is 39.5 Å². The van der Waals surface area contributed by atoms with E-state index in [2.05, 4.69) is 45.5 Å².